The lowest BCUT2D eigenvalue weighted by Crippen LogP contribution is -2.40. The number of hydrogen-bond acceptors (Lipinski definition) is 4. The summed E-state index contributed by atoms with van der Waals surface area (Å²) in [6.07, 6.45) is 7.63. The van der Waals surface area contributed by atoms with Crippen molar-refractivity contribution in [2.45, 2.75) is 58.2 Å². The molecule has 106 valence electrons. The second kappa shape index (κ2) is 6.65. The number of carbonyl (C=O) groups excluding carboxylic acids is 1. The summed E-state index contributed by atoms with van der Waals surface area (Å²) in [7, 11) is 0. The molecule has 1 aromatic rings. The van der Waals surface area contributed by atoms with Crippen molar-refractivity contribution in [3.8, 4) is 0 Å². The Balaban J connectivity index is 1.80. The summed E-state index contributed by atoms with van der Waals surface area (Å²) in [4.78, 5) is 11.9. The van der Waals surface area contributed by atoms with E-state index in [2.05, 4.69) is 22.6 Å². The van der Waals surface area contributed by atoms with Crippen LogP contribution in [-0.2, 0) is 17.9 Å². The molecular weight excluding hydrogens is 242 g/mol. The van der Waals surface area contributed by atoms with E-state index in [1.165, 1.54) is 23.9 Å². The minimum atomic E-state index is 0.00947. The van der Waals surface area contributed by atoms with E-state index in [1.54, 1.807) is 6.20 Å². The van der Waals surface area contributed by atoms with Crippen LogP contribution in [0.3, 0.4) is 0 Å². The first kappa shape index (κ1) is 14.0. The lowest BCUT2D eigenvalue weighted by Gasteiger charge is -2.29. The average molecular weight is 265 g/mol. The molecular formula is C13H23N5O. The highest BCUT2D eigenvalue weighted by Crippen LogP contribution is 2.26. The number of nitrogens with two attached hydrogens (primary N) is 1. The van der Waals surface area contributed by atoms with E-state index in [-0.39, 0.29) is 12.5 Å². The van der Waals surface area contributed by atoms with Crippen LogP contribution in [0, 0.1) is 5.92 Å². The van der Waals surface area contributed by atoms with E-state index >= 15 is 0 Å². The van der Waals surface area contributed by atoms with Gasteiger partial charge in [0, 0.05) is 12.6 Å². The minimum Gasteiger partial charge on any atom is -0.352 e. The average Bonchev–Trinajstić information content (AvgIpc) is 2.86. The SMILES string of the molecule is CCC1CCCC(NC(=O)Cn2cc(CN)nn2)C1. The van der Waals surface area contributed by atoms with E-state index in [0.717, 1.165) is 18.8 Å². The Morgan fingerprint density at radius 3 is 3.11 bits per heavy atom. The summed E-state index contributed by atoms with van der Waals surface area (Å²) in [6.45, 7) is 2.79. The first-order valence-electron chi connectivity index (χ1n) is 7.09. The molecule has 19 heavy (non-hydrogen) atoms. The van der Waals surface area contributed by atoms with Crippen LogP contribution in [0.15, 0.2) is 6.20 Å². The van der Waals surface area contributed by atoms with Gasteiger partial charge in [-0.15, -0.1) is 5.10 Å². The Bertz CT molecular complexity index is 417. The number of carbonyl (C=O) groups is 1. The maximum absolute atomic E-state index is 11.9. The molecule has 1 aliphatic rings. The fourth-order valence-electron chi connectivity index (χ4n) is 2.72. The van der Waals surface area contributed by atoms with Crippen molar-refractivity contribution in [1.29, 1.82) is 0 Å². The van der Waals surface area contributed by atoms with Gasteiger partial charge in [-0.25, -0.2) is 4.68 Å². The minimum absolute atomic E-state index is 0.00947. The van der Waals surface area contributed by atoms with Gasteiger partial charge in [-0.1, -0.05) is 31.4 Å². The number of amides is 1. The lowest BCUT2D eigenvalue weighted by molar-refractivity contribution is -0.122. The third-order valence-corrected chi connectivity index (χ3v) is 3.83. The largest absolute Gasteiger partial charge is 0.352 e. The first-order valence-corrected chi connectivity index (χ1v) is 7.09. The molecule has 2 rings (SSSR count). The van der Waals surface area contributed by atoms with Gasteiger partial charge in [-0.05, 0) is 18.8 Å². The quantitative estimate of drug-likeness (QED) is 0.825. The summed E-state index contributed by atoms with van der Waals surface area (Å²) < 4.78 is 1.54. The van der Waals surface area contributed by atoms with Gasteiger partial charge in [0.1, 0.15) is 6.54 Å². The smallest absolute Gasteiger partial charge is 0.242 e. The van der Waals surface area contributed by atoms with Crippen LogP contribution in [0.2, 0.25) is 0 Å². The molecule has 2 atom stereocenters. The molecule has 0 aromatic carbocycles. The molecule has 1 fully saturated rings. The van der Waals surface area contributed by atoms with Crippen molar-refractivity contribution in [2.24, 2.45) is 11.7 Å². The Labute approximate surface area is 113 Å². The zero-order chi connectivity index (χ0) is 13.7. The Hall–Kier alpha value is -1.43. The third kappa shape index (κ3) is 4.02. The Morgan fingerprint density at radius 2 is 2.42 bits per heavy atom. The van der Waals surface area contributed by atoms with Gasteiger partial charge in [0.25, 0.3) is 0 Å². The van der Waals surface area contributed by atoms with Gasteiger partial charge >= 0.3 is 0 Å². The number of nitrogens with one attached hydrogen (secondary N) is 1. The summed E-state index contributed by atoms with van der Waals surface area (Å²) in [6, 6.07) is 0.323. The monoisotopic (exact) mass is 265 g/mol. The molecule has 2 unspecified atom stereocenters. The number of aromatic nitrogens is 3. The van der Waals surface area contributed by atoms with Crippen LogP contribution in [0.4, 0.5) is 0 Å². The molecule has 0 spiro atoms. The first-order chi connectivity index (χ1) is 9.21. The topological polar surface area (TPSA) is 85.8 Å². The molecule has 0 radical (unpaired) electrons. The van der Waals surface area contributed by atoms with Crippen molar-refractivity contribution >= 4 is 5.91 Å². The molecule has 1 aliphatic carbocycles. The standard InChI is InChI=1S/C13H23N5O/c1-2-10-4-3-5-11(6-10)15-13(19)9-18-8-12(7-14)16-17-18/h8,10-11H,2-7,9,14H2,1H3,(H,15,19). The fourth-order valence-corrected chi connectivity index (χ4v) is 2.72. The molecule has 1 saturated carbocycles. The second-order valence-corrected chi connectivity index (χ2v) is 5.32. The van der Waals surface area contributed by atoms with Gasteiger partial charge in [0.15, 0.2) is 0 Å². The summed E-state index contributed by atoms with van der Waals surface area (Å²) >= 11 is 0. The second-order valence-electron chi connectivity index (χ2n) is 5.32. The van der Waals surface area contributed by atoms with Crippen LogP contribution in [0.5, 0.6) is 0 Å². The number of rotatable bonds is 5. The van der Waals surface area contributed by atoms with Crippen LogP contribution < -0.4 is 11.1 Å². The highest BCUT2D eigenvalue weighted by atomic mass is 16.2. The van der Waals surface area contributed by atoms with Crippen LogP contribution >= 0.6 is 0 Å². The molecule has 0 bridgehead atoms. The maximum Gasteiger partial charge on any atom is 0.242 e. The van der Waals surface area contributed by atoms with E-state index in [9.17, 15) is 4.79 Å². The molecule has 1 amide bonds. The third-order valence-electron chi connectivity index (χ3n) is 3.83. The van der Waals surface area contributed by atoms with Gasteiger partial charge in [-0.3, -0.25) is 4.79 Å². The molecule has 6 heteroatoms. The van der Waals surface area contributed by atoms with Crippen molar-refractivity contribution in [1.82, 2.24) is 20.3 Å². The van der Waals surface area contributed by atoms with Crippen molar-refractivity contribution in [2.75, 3.05) is 0 Å². The van der Waals surface area contributed by atoms with Gasteiger partial charge in [0.2, 0.25) is 5.91 Å². The molecule has 0 aliphatic heterocycles. The summed E-state index contributed by atoms with van der Waals surface area (Å²) in [5, 5.41) is 10.8. The van der Waals surface area contributed by atoms with Crippen LogP contribution in [-0.4, -0.2) is 26.9 Å². The summed E-state index contributed by atoms with van der Waals surface area (Å²) in [5.74, 6) is 0.768. The Morgan fingerprint density at radius 1 is 1.58 bits per heavy atom. The normalized spacial score (nSPS) is 23.3. The predicted octanol–water partition coefficient (Wildman–Crippen LogP) is 0.822. The van der Waals surface area contributed by atoms with E-state index < -0.39 is 0 Å². The zero-order valence-corrected chi connectivity index (χ0v) is 11.5. The van der Waals surface area contributed by atoms with Crippen molar-refractivity contribution in [3.63, 3.8) is 0 Å². The maximum atomic E-state index is 11.9. The van der Waals surface area contributed by atoms with Crippen molar-refractivity contribution < 1.29 is 4.79 Å². The highest BCUT2D eigenvalue weighted by Gasteiger charge is 2.22. The van der Waals surface area contributed by atoms with Gasteiger partial charge in [0.05, 0.1) is 11.9 Å². The lowest BCUT2D eigenvalue weighted by atomic mass is 9.84. The Kier molecular flexibility index (Phi) is 4.90. The van der Waals surface area contributed by atoms with Crippen molar-refractivity contribution in [3.05, 3.63) is 11.9 Å². The van der Waals surface area contributed by atoms with Crippen LogP contribution in [0.1, 0.15) is 44.7 Å². The zero-order valence-electron chi connectivity index (χ0n) is 11.5. The van der Waals surface area contributed by atoms with E-state index in [0.29, 0.717) is 18.3 Å². The fraction of sp³-hybridized carbons (Fsp3) is 0.769. The van der Waals surface area contributed by atoms with Gasteiger partial charge < -0.3 is 11.1 Å². The predicted molar refractivity (Wildman–Crippen MR) is 72.1 cm³/mol. The molecule has 1 heterocycles. The number of hydrogen-bond donors (Lipinski definition) is 2. The van der Waals surface area contributed by atoms with Gasteiger partial charge in [-0.2, -0.15) is 0 Å². The van der Waals surface area contributed by atoms with E-state index in [1.807, 2.05) is 0 Å². The highest BCUT2D eigenvalue weighted by molar-refractivity contribution is 5.75. The van der Waals surface area contributed by atoms with E-state index in [4.69, 9.17) is 5.73 Å². The molecule has 0 saturated heterocycles. The van der Waals surface area contributed by atoms with Crippen LogP contribution in [0.25, 0.3) is 0 Å². The molecule has 6 nitrogen and oxygen atoms in total. The summed E-state index contributed by atoms with van der Waals surface area (Å²) in [5.41, 5.74) is 6.16. The molecule has 3 N–H and O–H groups in total. The number of nitrogens with zero attached hydrogens (tertiary/aromatic N) is 3. The molecule has 1 aromatic heterocycles.